The summed E-state index contributed by atoms with van der Waals surface area (Å²) in [4.78, 5) is 14.5. The third-order valence-electron chi connectivity index (χ3n) is 4.65. The summed E-state index contributed by atoms with van der Waals surface area (Å²) in [5.41, 5.74) is 2.95. The molecule has 2 aromatic rings. The van der Waals surface area contributed by atoms with E-state index >= 15 is 0 Å². The maximum Gasteiger partial charge on any atom is 0.246 e. The van der Waals surface area contributed by atoms with Gasteiger partial charge in [0.2, 0.25) is 12.7 Å². The van der Waals surface area contributed by atoms with Gasteiger partial charge in [-0.05, 0) is 62.8 Å². The zero-order valence-electron chi connectivity index (χ0n) is 16.3. The summed E-state index contributed by atoms with van der Waals surface area (Å²) in [6.07, 6.45) is 0. The van der Waals surface area contributed by atoms with Crippen LogP contribution in [0.3, 0.4) is 0 Å². The lowest BCUT2D eigenvalue weighted by molar-refractivity contribution is -0.119. The Morgan fingerprint density at radius 1 is 1.18 bits per heavy atom. The summed E-state index contributed by atoms with van der Waals surface area (Å²) in [6, 6.07) is 13.1. The molecule has 0 saturated carbocycles. The van der Waals surface area contributed by atoms with Gasteiger partial charge >= 0.3 is 0 Å². The number of carbonyl (C=O) groups excluding carboxylic acids is 1. The molecule has 1 aliphatic heterocycles. The van der Waals surface area contributed by atoms with Crippen molar-refractivity contribution < 1.29 is 14.3 Å². The molecule has 1 heterocycles. The number of nitrogens with zero attached hydrogens (tertiary/aromatic N) is 1. The Morgan fingerprint density at radius 3 is 2.61 bits per heavy atom. The van der Waals surface area contributed by atoms with Crippen molar-refractivity contribution in [2.24, 2.45) is 0 Å². The maximum atomic E-state index is 12.6. The van der Waals surface area contributed by atoms with Crippen molar-refractivity contribution in [1.82, 2.24) is 10.2 Å². The van der Waals surface area contributed by atoms with Gasteiger partial charge < -0.3 is 25.0 Å². The molecule has 1 atom stereocenters. The van der Waals surface area contributed by atoms with Crippen molar-refractivity contribution in [3.63, 3.8) is 0 Å². The molecule has 1 amide bonds. The van der Waals surface area contributed by atoms with Gasteiger partial charge in [0.25, 0.3) is 0 Å². The number of hydrogen-bond acceptors (Lipinski definition) is 4. The fourth-order valence-corrected chi connectivity index (χ4v) is 3.31. The Morgan fingerprint density at radius 2 is 1.89 bits per heavy atom. The molecular weight excluding hydrogens is 374 g/mol. The monoisotopic (exact) mass is 399 g/mol. The average Bonchev–Trinajstić information content (AvgIpc) is 3.16. The lowest BCUT2D eigenvalue weighted by Gasteiger charge is -2.30. The Balaban J connectivity index is 1.57. The lowest BCUT2D eigenvalue weighted by atomic mass is 10.2. The summed E-state index contributed by atoms with van der Waals surface area (Å²) in [7, 11) is 0. The number of fused-ring (bicyclic) bond motifs is 1. The minimum absolute atomic E-state index is 0.0991. The third kappa shape index (κ3) is 4.72. The van der Waals surface area contributed by atoms with Gasteiger partial charge in [-0.25, -0.2) is 0 Å². The number of hydrogen-bond donors (Lipinski definition) is 2. The Hall–Kier alpha value is -2.80. The van der Waals surface area contributed by atoms with Gasteiger partial charge in [0.05, 0.1) is 0 Å². The van der Waals surface area contributed by atoms with Crippen molar-refractivity contribution in [2.45, 2.75) is 33.4 Å². The molecule has 0 spiro atoms. The highest BCUT2D eigenvalue weighted by Gasteiger charge is 2.22. The van der Waals surface area contributed by atoms with Gasteiger partial charge in [0.1, 0.15) is 6.04 Å². The summed E-state index contributed by atoms with van der Waals surface area (Å²) < 4.78 is 10.7. The molecule has 0 unspecified atom stereocenters. The first-order valence-electron chi connectivity index (χ1n) is 9.28. The number of thiocarbonyl (C=S) groups is 1. The number of anilines is 1. The Kier molecular flexibility index (Phi) is 6.36. The molecule has 0 radical (unpaired) electrons. The molecule has 0 fully saturated rings. The largest absolute Gasteiger partial charge is 0.454 e. The second kappa shape index (κ2) is 8.93. The van der Waals surface area contributed by atoms with E-state index in [9.17, 15) is 4.79 Å². The van der Waals surface area contributed by atoms with Gasteiger partial charge in [-0.2, -0.15) is 0 Å². The summed E-state index contributed by atoms with van der Waals surface area (Å²) in [5.74, 6) is 1.39. The van der Waals surface area contributed by atoms with E-state index in [1.54, 1.807) is 0 Å². The minimum Gasteiger partial charge on any atom is -0.454 e. The minimum atomic E-state index is -0.400. The molecule has 7 heteroatoms. The van der Waals surface area contributed by atoms with Crippen LogP contribution < -0.4 is 20.1 Å². The van der Waals surface area contributed by atoms with E-state index in [-0.39, 0.29) is 12.7 Å². The predicted octanol–water partition coefficient (Wildman–Crippen LogP) is 3.45. The van der Waals surface area contributed by atoms with Gasteiger partial charge in [0, 0.05) is 18.8 Å². The van der Waals surface area contributed by atoms with E-state index in [2.05, 4.69) is 10.6 Å². The maximum absolute atomic E-state index is 12.6. The molecule has 1 aliphatic rings. The Labute approximate surface area is 170 Å². The van der Waals surface area contributed by atoms with Crippen LogP contribution in [0.25, 0.3) is 0 Å². The lowest BCUT2D eigenvalue weighted by Crippen LogP contribution is -2.49. The molecule has 2 N–H and O–H groups in total. The van der Waals surface area contributed by atoms with Gasteiger partial charge in [0.15, 0.2) is 16.6 Å². The van der Waals surface area contributed by atoms with Crippen molar-refractivity contribution in [3.05, 3.63) is 53.6 Å². The number of rotatable bonds is 6. The van der Waals surface area contributed by atoms with Crippen molar-refractivity contribution in [3.8, 4) is 11.5 Å². The average molecular weight is 400 g/mol. The first-order chi connectivity index (χ1) is 13.5. The van der Waals surface area contributed by atoms with Crippen LogP contribution in [0, 0.1) is 6.92 Å². The van der Waals surface area contributed by atoms with Crippen molar-refractivity contribution in [2.75, 3.05) is 18.7 Å². The van der Waals surface area contributed by atoms with Crippen LogP contribution in [0.2, 0.25) is 0 Å². The Bertz CT molecular complexity index is 854. The van der Waals surface area contributed by atoms with E-state index in [0.29, 0.717) is 18.2 Å². The van der Waals surface area contributed by atoms with E-state index in [1.807, 2.05) is 68.1 Å². The van der Waals surface area contributed by atoms with E-state index in [1.165, 1.54) is 0 Å². The normalized spacial score (nSPS) is 13.0. The molecule has 0 aromatic heterocycles. The number of amides is 1. The standard InChI is InChI=1S/C21H25N3O3S/c1-4-24(15(3)20(25)23-17-8-5-14(2)6-9-17)21(28)22-12-16-7-10-18-19(11-16)27-13-26-18/h5-11,15H,4,12-13H2,1-3H3,(H,22,28)(H,23,25)/t15-/m0/s1. The highest BCUT2D eigenvalue weighted by Crippen LogP contribution is 2.32. The van der Waals surface area contributed by atoms with Crippen LogP contribution in [-0.4, -0.2) is 35.3 Å². The fourth-order valence-electron chi connectivity index (χ4n) is 2.95. The van der Waals surface area contributed by atoms with Crippen LogP contribution >= 0.6 is 12.2 Å². The number of benzene rings is 2. The molecular formula is C21H25N3O3S. The highest BCUT2D eigenvalue weighted by atomic mass is 32.1. The van der Waals surface area contributed by atoms with Crippen LogP contribution in [0.5, 0.6) is 11.5 Å². The molecule has 28 heavy (non-hydrogen) atoms. The quantitative estimate of drug-likeness (QED) is 0.726. The molecule has 0 bridgehead atoms. The zero-order valence-corrected chi connectivity index (χ0v) is 17.1. The zero-order chi connectivity index (χ0) is 20.1. The van der Waals surface area contributed by atoms with Gasteiger partial charge in [-0.15, -0.1) is 0 Å². The second-order valence-corrected chi connectivity index (χ2v) is 7.05. The summed E-state index contributed by atoms with van der Waals surface area (Å²) in [6.45, 7) is 7.25. The van der Waals surface area contributed by atoms with Crippen LogP contribution in [0.4, 0.5) is 5.69 Å². The number of likely N-dealkylation sites (N-methyl/N-ethyl adjacent to an activating group) is 1. The smallest absolute Gasteiger partial charge is 0.246 e. The predicted molar refractivity (Wildman–Crippen MR) is 114 cm³/mol. The number of ether oxygens (including phenoxy) is 2. The molecule has 148 valence electrons. The first-order valence-corrected chi connectivity index (χ1v) is 9.69. The van der Waals surface area contributed by atoms with Crippen LogP contribution in [-0.2, 0) is 11.3 Å². The highest BCUT2D eigenvalue weighted by molar-refractivity contribution is 7.80. The van der Waals surface area contributed by atoms with Crippen molar-refractivity contribution >= 4 is 28.9 Å². The summed E-state index contributed by atoms with van der Waals surface area (Å²) >= 11 is 5.53. The third-order valence-corrected chi connectivity index (χ3v) is 5.03. The van der Waals surface area contributed by atoms with Gasteiger partial charge in [-0.1, -0.05) is 23.8 Å². The van der Waals surface area contributed by atoms with Crippen molar-refractivity contribution in [1.29, 1.82) is 0 Å². The van der Waals surface area contributed by atoms with E-state index in [0.717, 1.165) is 28.3 Å². The molecule has 0 aliphatic carbocycles. The molecule has 2 aromatic carbocycles. The number of carbonyl (C=O) groups is 1. The van der Waals surface area contributed by atoms with E-state index in [4.69, 9.17) is 21.7 Å². The number of aryl methyl sites for hydroxylation is 1. The topological polar surface area (TPSA) is 62.8 Å². The molecule has 3 rings (SSSR count). The van der Waals surface area contributed by atoms with Gasteiger partial charge in [-0.3, -0.25) is 4.79 Å². The van der Waals surface area contributed by atoms with Crippen LogP contribution in [0.1, 0.15) is 25.0 Å². The molecule has 0 saturated heterocycles. The van der Waals surface area contributed by atoms with E-state index < -0.39 is 6.04 Å². The fraction of sp³-hybridized carbons (Fsp3) is 0.333. The first kappa shape index (κ1) is 19.9. The number of nitrogens with one attached hydrogen (secondary N) is 2. The summed E-state index contributed by atoms with van der Waals surface area (Å²) in [5, 5.41) is 6.71. The SMILES string of the molecule is CCN(C(=S)NCc1ccc2c(c1)OCO2)[C@@H](C)C(=O)Nc1ccc(C)cc1. The second-order valence-electron chi connectivity index (χ2n) is 6.66. The molecule has 6 nitrogen and oxygen atoms in total. The van der Waals surface area contributed by atoms with Crippen LogP contribution in [0.15, 0.2) is 42.5 Å².